The highest BCUT2D eigenvalue weighted by Crippen LogP contribution is 2.29. The van der Waals surface area contributed by atoms with Gasteiger partial charge in [0.2, 0.25) is 0 Å². The van der Waals surface area contributed by atoms with Crippen molar-refractivity contribution in [1.82, 2.24) is 4.57 Å². The van der Waals surface area contributed by atoms with Gasteiger partial charge in [-0.2, -0.15) is 13.2 Å². The lowest BCUT2D eigenvalue weighted by Crippen LogP contribution is -2.09. The van der Waals surface area contributed by atoms with E-state index in [0.717, 1.165) is 23.3 Å². The number of aromatic nitrogens is 1. The van der Waals surface area contributed by atoms with Crippen molar-refractivity contribution in [1.29, 1.82) is 0 Å². The molecule has 0 amide bonds. The van der Waals surface area contributed by atoms with E-state index in [0.29, 0.717) is 17.0 Å². The topological polar surface area (TPSA) is 42.2 Å². The first-order chi connectivity index (χ1) is 12.7. The molecule has 0 radical (unpaired) electrons. The van der Waals surface area contributed by atoms with Crippen molar-refractivity contribution < 1.29 is 23.1 Å². The zero-order chi connectivity index (χ0) is 19.6. The third-order valence-corrected chi connectivity index (χ3v) is 4.38. The number of carboxylic acids is 1. The maximum Gasteiger partial charge on any atom is 0.416 e. The lowest BCUT2D eigenvalue weighted by Gasteiger charge is -2.09. The minimum absolute atomic E-state index is 0.0823. The molecule has 0 aliphatic rings. The molecule has 1 N–H and O–H groups in total. The van der Waals surface area contributed by atoms with E-state index in [4.69, 9.17) is 11.6 Å². The number of hydrogen-bond acceptors (Lipinski definition) is 1. The van der Waals surface area contributed by atoms with Crippen molar-refractivity contribution in [2.45, 2.75) is 19.1 Å². The van der Waals surface area contributed by atoms with Crippen LogP contribution in [0.1, 0.15) is 32.7 Å². The molecule has 0 atom stereocenters. The Labute approximate surface area is 158 Å². The smallest absolute Gasteiger partial charge is 0.416 e. The largest absolute Gasteiger partial charge is 0.477 e. The Balaban J connectivity index is 1.83. The highest BCUT2D eigenvalue weighted by molar-refractivity contribution is 6.30. The highest BCUT2D eigenvalue weighted by atomic mass is 35.5. The van der Waals surface area contributed by atoms with Crippen molar-refractivity contribution in [2.24, 2.45) is 0 Å². The fourth-order valence-corrected chi connectivity index (χ4v) is 2.94. The van der Waals surface area contributed by atoms with E-state index in [2.05, 4.69) is 0 Å². The Hall–Kier alpha value is -2.73. The molecule has 7 heteroatoms. The van der Waals surface area contributed by atoms with Gasteiger partial charge in [-0.25, -0.2) is 4.79 Å². The second-order valence-electron chi connectivity index (χ2n) is 6.16. The number of rotatable bonds is 5. The summed E-state index contributed by atoms with van der Waals surface area (Å²) in [5, 5.41) is 10.0. The molecule has 0 bridgehead atoms. The number of halogens is 4. The van der Waals surface area contributed by atoms with Crippen LogP contribution in [0.5, 0.6) is 0 Å². The Kier molecular flexibility index (Phi) is 5.28. The normalized spacial score (nSPS) is 11.6. The predicted octanol–water partition coefficient (Wildman–Crippen LogP) is 5.50. The van der Waals surface area contributed by atoms with Gasteiger partial charge < -0.3 is 9.67 Å². The van der Waals surface area contributed by atoms with Gasteiger partial charge in [0.05, 0.1) is 5.56 Å². The molecule has 0 saturated carbocycles. The first kappa shape index (κ1) is 19.0. The first-order valence-corrected chi connectivity index (χ1v) is 8.43. The van der Waals surface area contributed by atoms with Crippen molar-refractivity contribution in [3.8, 4) is 0 Å². The number of carboxylic acid groups (broad SMARTS) is 1. The lowest BCUT2D eigenvalue weighted by atomic mass is 10.1. The molecule has 3 nitrogen and oxygen atoms in total. The molecule has 0 unspecified atom stereocenters. The fraction of sp³-hybridized carbons (Fsp3) is 0.150. The summed E-state index contributed by atoms with van der Waals surface area (Å²) < 4.78 is 39.5. The summed E-state index contributed by atoms with van der Waals surface area (Å²) in [6, 6.07) is 13.5. The molecule has 0 fully saturated rings. The van der Waals surface area contributed by atoms with E-state index in [1.165, 1.54) is 16.7 Å². The second-order valence-corrected chi connectivity index (χ2v) is 6.60. The van der Waals surface area contributed by atoms with Gasteiger partial charge >= 0.3 is 12.1 Å². The Morgan fingerprint density at radius 3 is 2.11 bits per heavy atom. The molecular weight excluding hydrogens is 379 g/mol. The summed E-state index contributed by atoms with van der Waals surface area (Å²) in [6.45, 7) is 0.167. The second kappa shape index (κ2) is 7.48. The van der Waals surface area contributed by atoms with Gasteiger partial charge in [-0.1, -0.05) is 35.9 Å². The van der Waals surface area contributed by atoms with E-state index in [1.807, 2.05) is 12.1 Å². The molecule has 140 valence electrons. The molecule has 1 heterocycles. The van der Waals surface area contributed by atoms with Gasteiger partial charge in [0.15, 0.2) is 0 Å². The van der Waals surface area contributed by atoms with Crippen molar-refractivity contribution >= 4 is 17.6 Å². The van der Waals surface area contributed by atoms with Gasteiger partial charge in [-0.15, -0.1) is 0 Å². The molecule has 0 spiro atoms. The molecule has 0 aliphatic heterocycles. The number of aromatic carboxylic acids is 1. The molecular formula is C20H15ClF3NO2. The molecule has 3 aromatic rings. The molecule has 0 saturated heterocycles. The van der Waals surface area contributed by atoms with E-state index >= 15 is 0 Å². The zero-order valence-corrected chi connectivity index (χ0v) is 14.8. The molecule has 1 aromatic heterocycles. The van der Waals surface area contributed by atoms with Gasteiger partial charge in [-0.3, -0.25) is 0 Å². The van der Waals surface area contributed by atoms with Crippen LogP contribution in [0.2, 0.25) is 5.02 Å². The molecule has 0 aliphatic carbocycles. The fourth-order valence-electron chi connectivity index (χ4n) is 2.81. The van der Waals surface area contributed by atoms with Gasteiger partial charge in [0.1, 0.15) is 5.69 Å². The first-order valence-electron chi connectivity index (χ1n) is 8.05. The summed E-state index contributed by atoms with van der Waals surface area (Å²) in [5.74, 6) is -1.09. The van der Waals surface area contributed by atoms with Crippen LogP contribution in [-0.4, -0.2) is 15.6 Å². The minimum Gasteiger partial charge on any atom is -0.477 e. The molecule has 3 rings (SSSR count). The number of benzene rings is 2. The van der Waals surface area contributed by atoms with Crippen LogP contribution in [0.15, 0.2) is 60.8 Å². The zero-order valence-electron chi connectivity index (χ0n) is 14.0. The SMILES string of the molecule is O=C(O)c1cc(Cc2ccc(Cl)cc2)cn1Cc1ccc(C(F)(F)F)cc1. The number of hydrogen-bond donors (Lipinski definition) is 1. The van der Waals surface area contributed by atoms with Crippen molar-refractivity contribution in [3.05, 3.63) is 93.8 Å². The third kappa shape index (κ3) is 4.71. The highest BCUT2D eigenvalue weighted by Gasteiger charge is 2.29. The van der Waals surface area contributed by atoms with Crippen molar-refractivity contribution in [2.75, 3.05) is 0 Å². The van der Waals surface area contributed by atoms with Crippen LogP contribution >= 0.6 is 11.6 Å². The summed E-state index contributed by atoms with van der Waals surface area (Å²) in [6.07, 6.45) is -2.17. The molecule has 27 heavy (non-hydrogen) atoms. The van der Waals surface area contributed by atoms with Crippen LogP contribution in [0, 0.1) is 0 Å². The van der Waals surface area contributed by atoms with Gasteiger partial charge in [-0.05, 0) is 53.4 Å². The van der Waals surface area contributed by atoms with E-state index in [-0.39, 0.29) is 12.2 Å². The maximum atomic E-state index is 12.7. The quantitative estimate of drug-likeness (QED) is 0.622. The standard InChI is InChI=1S/C20H15ClF3NO2/c21-17-7-3-13(4-8-17)9-15-10-18(19(26)27)25(12-15)11-14-1-5-16(6-2-14)20(22,23)24/h1-8,10,12H,9,11H2,(H,26,27). The average molecular weight is 394 g/mol. The summed E-state index contributed by atoms with van der Waals surface area (Å²) in [5.41, 5.74) is 1.70. The van der Waals surface area contributed by atoms with Crippen LogP contribution in [0.25, 0.3) is 0 Å². The summed E-state index contributed by atoms with van der Waals surface area (Å²) in [4.78, 5) is 11.5. The average Bonchev–Trinajstić information content (AvgIpc) is 2.99. The minimum atomic E-state index is -4.40. The van der Waals surface area contributed by atoms with E-state index in [1.54, 1.807) is 24.4 Å². The molecule has 2 aromatic carbocycles. The van der Waals surface area contributed by atoms with E-state index < -0.39 is 17.7 Å². The van der Waals surface area contributed by atoms with Crippen LogP contribution in [0.4, 0.5) is 13.2 Å². The summed E-state index contributed by atoms with van der Waals surface area (Å²) in [7, 11) is 0. The number of carbonyl (C=O) groups is 1. The monoisotopic (exact) mass is 393 g/mol. The van der Waals surface area contributed by atoms with Crippen molar-refractivity contribution in [3.63, 3.8) is 0 Å². The van der Waals surface area contributed by atoms with Gasteiger partial charge in [0, 0.05) is 17.8 Å². The maximum absolute atomic E-state index is 12.7. The Morgan fingerprint density at radius 2 is 1.56 bits per heavy atom. The van der Waals surface area contributed by atoms with Crippen LogP contribution in [-0.2, 0) is 19.1 Å². The third-order valence-electron chi connectivity index (χ3n) is 4.13. The van der Waals surface area contributed by atoms with Crippen LogP contribution < -0.4 is 0 Å². The van der Waals surface area contributed by atoms with Crippen LogP contribution in [0.3, 0.4) is 0 Å². The van der Waals surface area contributed by atoms with E-state index in [9.17, 15) is 23.1 Å². The Bertz CT molecular complexity index is 945. The predicted molar refractivity (Wildman–Crippen MR) is 96.2 cm³/mol. The van der Waals surface area contributed by atoms with Gasteiger partial charge in [0.25, 0.3) is 0 Å². The number of nitrogens with zero attached hydrogens (tertiary/aromatic N) is 1. The summed E-state index contributed by atoms with van der Waals surface area (Å²) >= 11 is 5.86. The lowest BCUT2D eigenvalue weighted by molar-refractivity contribution is -0.137. The Morgan fingerprint density at radius 1 is 0.963 bits per heavy atom. The number of alkyl halides is 3.